The van der Waals surface area contributed by atoms with Crippen LogP contribution in [0.25, 0.3) is 11.2 Å². The molecule has 152 valence electrons. The second kappa shape index (κ2) is 7.98. The van der Waals surface area contributed by atoms with Crippen LogP contribution >= 0.6 is 0 Å². The van der Waals surface area contributed by atoms with Crippen LogP contribution < -0.4 is 10.6 Å². The molecule has 3 heterocycles. The number of nitrogens with one attached hydrogen (secondary N) is 2. The third-order valence-corrected chi connectivity index (χ3v) is 5.43. The number of ether oxygens (including phenoxy) is 1. The normalized spacial score (nSPS) is 28.1. The van der Waals surface area contributed by atoms with Crippen molar-refractivity contribution in [1.82, 2.24) is 24.8 Å². The van der Waals surface area contributed by atoms with Crippen LogP contribution in [0, 0.1) is 0 Å². The molecule has 4 rings (SSSR count). The first kappa shape index (κ1) is 19.0. The highest BCUT2D eigenvalue weighted by atomic mass is 16.6. The molecular formula is C18H26N6O4. The number of anilines is 1. The number of aliphatic hydroxyl groups excluding tert-OH is 2. The molecule has 2 aromatic rings. The molecule has 10 nitrogen and oxygen atoms in total. The van der Waals surface area contributed by atoms with Gasteiger partial charge in [-0.2, -0.15) is 0 Å². The number of rotatable bonds is 6. The van der Waals surface area contributed by atoms with Gasteiger partial charge in [0.1, 0.15) is 18.5 Å². The Kier molecular flexibility index (Phi) is 5.42. The number of amides is 1. The van der Waals surface area contributed by atoms with E-state index >= 15 is 0 Å². The lowest BCUT2D eigenvalue weighted by molar-refractivity contribution is -0.125. The lowest BCUT2D eigenvalue weighted by Gasteiger charge is -2.17. The van der Waals surface area contributed by atoms with Gasteiger partial charge in [0.15, 0.2) is 23.2 Å². The zero-order valence-corrected chi connectivity index (χ0v) is 15.8. The van der Waals surface area contributed by atoms with Gasteiger partial charge in [-0.25, -0.2) is 15.0 Å². The third-order valence-electron chi connectivity index (χ3n) is 5.43. The van der Waals surface area contributed by atoms with Crippen molar-refractivity contribution in [2.45, 2.75) is 69.6 Å². The summed E-state index contributed by atoms with van der Waals surface area (Å²) in [6, 6.07) is 0.375. The highest BCUT2D eigenvalue weighted by Crippen LogP contribution is 2.34. The van der Waals surface area contributed by atoms with Gasteiger partial charge >= 0.3 is 0 Å². The SMILES string of the molecule is CCNC(=O)C[C@H]1O[C@@H](n2cnc3c(NC4CCCC4)ncnc32)[C@H](O)[C@@H]1O. The van der Waals surface area contributed by atoms with Crippen LogP contribution in [0.3, 0.4) is 0 Å². The fourth-order valence-corrected chi connectivity index (χ4v) is 3.99. The Morgan fingerprint density at radius 1 is 1.25 bits per heavy atom. The van der Waals surface area contributed by atoms with Crippen LogP contribution in [0.15, 0.2) is 12.7 Å². The third kappa shape index (κ3) is 3.54. The number of imidazole rings is 1. The van der Waals surface area contributed by atoms with E-state index in [1.807, 2.05) is 6.92 Å². The number of aromatic nitrogens is 4. The molecule has 1 saturated heterocycles. The van der Waals surface area contributed by atoms with Crippen molar-refractivity contribution in [1.29, 1.82) is 0 Å². The molecule has 1 saturated carbocycles. The van der Waals surface area contributed by atoms with Gasteiger partial charge in [-0.15, -0.1) is 0 Å². The van der Waals surface area contributed by atoms with Crippen LogP contribution in [-0.2, 0) is 9.53 Å². The van der Waals surface area contributed by atoms with Crippen LogP contribution in [-0.4, -0.2) is 66.5 Å². The van der Waals surface area contributed by atoms with Gasteiger partial charge < -0.3 is 25.6 Å². The maximum absolute atomic E-state index is 11.8. The average molecular weight is 390 g/mol. The standard InChI is InChI=1S/C18H26N6O4/c1-2-19-12(25)7-11-14(26)15(27)18(28-11)24-9-22-13-16(20-8-21-17(13)24)23-10-5-3-4-6-10/h8-11,14-15,18,26-27H,2-7H2,1H3,(H,19,25)(H,20,21,23)/t11-,14-,15-,18-/m1/s1. The van der Waals surface area contributed by atoms with Crippen molar-refractivity contribution < 1.29 is 19.7 Å². The molecule has 28 heavy (non-hydrogen) atoms. The van der Waals surface area contributed by atoms with Crippen LogP contribution in [0.1, 0.15) is 45.3 Å². The molecule has 0 spiro atoms. The molecule has 0 unspecified atom stereocenters. The number of nitrogens with zero attached hydrogens (tertiary/aromatic N) is 4. The average Bonchev–Trinajstić information content (AvgIpc) is 3.39. The van der Waals surface area contributed by atoms with Crippen LogP contribution in [0.4, 0.5) is 5.82 Å². The van der Waals surface area contributed by atoms with Gasteiger partial charge in [0.05, 0.1) is 18.9 Å². The molecule has 2 fully saturated rings. The molecule has 1 amide bonds. The number of fused-ring (bicyclic) bond motifs is 1. The van der Waals surface area contributed by atoms with Gasteiger partial charge in [0.25, 0.3) is 0 Å². The minimum atomic E-state index is -1.20. The van der Waals surface area contributed by atoms with Crippen LogP contribution in [0.2, 0.25) is 0 Å². The lowest BCUT2D eigenvalue weighted by Crippen LogP contribution is -2.35. The Morgan fingerprint density at radius 2 is 2.04 bits per heavy atom. The largest absolute Gasteiger partial charge is 0.388 e. The second-order valence-electron chi connectivity index (χ2n) is 7.38. The van der Waals surface area contributed by atoms with E-state index in [1.54, 1.807) is 4.57 Å². The molecule has 1 aliphatic carbocycles. The molecule has 2 aliphatic rings. The van der Waals surface area contributed by atoms with Crippen LogP contribution in [0.5, 0.6) is 0 Å². The summed E-state index contributed by atoms with van der Waals surface area (Å²) in [4.78, 5) is 24.8. The number of carbonyl (C=O) groups is 1. The van der Waals surface area contributed by atoms with Crippen molar-refractivity contribution >= 4 is 22.9 Å². The quantitative estimate of drug-likeness (QED) is 0.554. The van der Waals surface area contributed by atoms with Gasteiger partial charge in [0, 0.05) is 12.6 Å². The molecule has 0 bridgehead atoms. The number of hydrogen-bond donors (Lipinski definition) is 4. The molecule has 2 aromatic heterocycles. The molecule has 10 heteroatoms. The first-order chi connectivity index (χ1) is 13.6. The Morgan fingerprint density at radius 3 is 2.79 bits per heavy atom. The summed E-state index contributed by atoms with van der Waals surface area (Å²) in [5.74, 6) is 0.419. The van der Waals surface area contributed by atoms with Gasteiger partial charge in [-0.3, -0.25) is 9.36 Å². The summed E-state index contributed by atoms with van der Waals surface area (Å²) in [6.07, 6.45) is 3.49. The number of hydrogen-bond acceptors (Lipinski definition) is 8. The topological polar surface area (TPSA) is 134 Å². The Bertz CT molecular complexity index is 837. The molecular weight excluding hydrogens is 364 g/mol. The smallest absolute Gasteiger partial charge is 0.222 e. The van der Waals surface area contributed by atoms with E-state index in [0.717, 1.165) is 12.8 Å². The summed E-state index contributed by atoms with van der Waals surface area (Å²) in [6.45, 7) is 2.31. The summed E-state index contributed by atoms with van der Waals surface area (Å²) in [5.41, 5.74) is 1.09. The zero-order chi connectivity index (χ0) is 19.7. The zero-order valence-electron chi connectivity index (χ0n) is 15.8. The fraction of sp³-hybridized carbons (Fsp3) is 0.667. The van der Waals surface area contributed by atoms with E-state index in [2.05, 4.69) is 25.6 Å². The first-order valence-corrected chi connectivity index (χ1v) is 9.80. The van der Waals surface area contributed by atoms with E-state index < -0.39 is 24.5 Å². The van der Waals surface area contributed by atoms with E-state index in [1.165, 1.54) is 25.5 Å². The number of carbonyl (C=O) groups excluding carboxylic acids is 1. The fourth-order valence-electron chi connectivity index (χ4n) is 3.99. The summed E-state index contributed by atoms with van der Waals surface area (Å²) in [7, 11) is 0. The Balaban J connectivity index is 1.56. The van der Waals surface area contributed by atoms with E-state index in [9.17, 15) is 15.0 Å². The molecule has 1 aliphatic heterocycles. The molecule has 0 aromatic carbocycles. The Labute approximate surface area is 162 Å². The molecule has 0 radical (unpaired) electrons. The van der Waals surface area contributed by atoms with Crippen molar-refractivity contribution in [3.63, 3.8) is 0 Å². The minimum absolute atomic E-state index is 0.0291. The maximum Gasteiger partial charge on any atom is 0.222 e. The Hall–Kier alpha value is -2.30. The minimum Gasteiger partial charge on any atom is -0.388 e. The summed E-state index contributed by atoms with van der Waals surface area (Å²) >= 11 is 0. The maximum atomic E-state index is 11.8. The molecule has 4 atom stereocenters. The van der Waals surface area contributed by atoms with Crippen molar-refractivity contribution in [3.8, 4) is 0 Å². The predicted molar refractivity (Wildman–Crippen MR) is 100 cm³/mol. The van der Waals surface area contributed by atoms with Gasteiger partial charge in [-0.05, 0) is 19.8 Å². The van der Waals surface area contributed by atoms with Gasteiger partial charge in [0.2, 0.25) is 5.91 Å². The predicted octanol–water partition coefficient (Wildman–Crippen LogP) is 0.326. The van der Waals surface area contributed by atoms with E-state index in [-0.39, 0.29) is 12.3 Å². The second-order valence-corrected chi connectivity index (χ2v) is 7.38. The van der Waals surface area contributed by atoms with Crippen molar-refractivity contribution in [3.05, 3.63) is 12.7 Å². The van der Waals surface area contributed by atoms with Crippen molar-refractivity contribution in [2.75, 3.05) is 11.9 Å². The summed E-state index contributed by atoms with van der Waals surface area (Å²) < 4.78 is 7.40. The summed E-state index contributed by atoms with van der Waals surface area (Å²) in [5, 5.41) is 26.9. The van der Waals surface area contributed by atoms with Gasteiger partial charge in [-0.1, -0.05) is 12.8 Å². The van der Waals surface area contributed by atoms with Crippen molar-refractivity contribution in [2.24, 2.45) is 0 Å². The molecule has 4 N–H and O–H groups in total. The van der Waals surface area contributed by atoms with E-state index in [4.69, 9.17) is 4.74 Å². The highest BCUT2D eigenvalue weighted by molar-refractivity contribution is 5.83. The lowest BCUT2D eigenvalue weighted by atomic mass is 10.1. The monoisotopic (exact) mass is 390 g/mol. The highest BCUT2D eigenvalue weighted by Gasteiger charge is 2.45. The first-order valence-electron chi connectivity index (χ1n) is 9.80. The van der Waals surface area contributed by atoms with E-state index in [0.29, 0.717) is 29.6 Å². The number of aliphatic hydroxyl groups is 2.